The fourth-order valence-electron chi connectivity index (χ4n) is 1.43. The molecule has 5 nitrogen and oxygen atoms in total. The average molecular weight is 161 g/mol. The molecule has 0 amide bonds. The Labute approximate surface area is 63.7 Å². The van der Waals surface area contributed by atoms with Gasteiger partial charge in [0.05, 0.1) is 12.6 Å². The number of hydrogen-bond donors (Lipinski definition) is 3. The van der Waals surface area contributed by atoms with Gasteiger partial charge in [-0.1, -0.05) is 0 Å². The van der Waals surface area contributed by atoms with E-state index in [9.17, 15) is 10.2 Å². The monoisotopic (exact) mass is 161 g/mol. The minimum absolute atomic E-state index is 0.316. The summed E-state index contributed by atoms with van der Waals surface area (Å²) in [5, 5.41) is 18.6. The van der Waals surface area contributed by atoms with Crippen LogP contribution in [-0.4, -0.2) is 47.5 Å². The zero-order chi connectivity index (χ0) is 8.01. The van der Waals surface area contributed by atoms with E-state index < -0.39 is 30.6 Å². The molecule has 4 N–H and O–H groups in total. The molecule has 2 fully saturated rings. The molecule has 1 unspecified atom stereocenters. The van der Waals surface area contributed by atoms with Gasteiger partial charge in [-0.3, -0.25) is 0 Å². The van der Waals surface area contributed by atoms with Crippen LogP contribution in [0.2, 0.25) is 0 Å². The lowest BCUT2D eigenvalue weighted by molar-refractivity contribution is -0.177. The van der Waals surface area contributed by atoms with E-state index in [1.165, 1.54) is 0 Å². The van der Waals surface area contributed by atoms with E-state index in [1.807, 2.05) is 0 Å². The first-order chi connectivity index (χ1) is 5.20. The molecular weight excluding hydrogens is 150 g/mol. The third-order valence-electron chi connectivity index (χ3n) is 2.17. The van der Waals surface area contributed by atoms with Gasteiger partial charge in [0, 0.05) is 0 Å². The van der Waals surface area contributed by atoms with Crippen LogP contribution in [0.3, 0.4) is 0 Å². The van der Waals surface area contributed by atoms with Crippen LogP contribution in [0.1, 0.15) is 0 Å². The van der Waals surface area contributed by atoms with Crippen LogP contribution in [0, 0.1) is 0 Å². The molecule has 5 atom stereocenters. The van der Waals surface area contributed by atoms with E-state index in [2.05, 4.69) is 0 Å². The Morgan fingerprint density at radius 1 is 1.27 bits per heavy atom. The molecule has 2 heterocycles. The largest absolute Gasteiger partial charge is 0.388 e. The van der Waals surface area contributed by atoms with Crippen LogP contribution in [0.15, 0.2) is 0 Å². The minimum Gasteiger partial charge on any atom is -0.388 e. The van der Waals surface area contributed by atoms with Crippen LogP contribution >= 0.6 is 0 Å². The van der Waals surface area contributed by atoms with E-state index in [-0.39, 0.29) is 0 Å². The van der Waals surface area contributed by atoms with Gasteiger partial charge in [-0.05, 0) is 0 Å². The Morgan fingerprint density at radius 2 is 2.00 bits per heavy atom. The second-order valence-electron chi connectivity index (χ2n) is 2.93. The molecule has 0 aliphatic carbocycles. The van der Waals surface area contributed by atoms with Crippen molar-refractivity contribution in [2.45, 2.75) is 30.6 Å². The fraction of sp³-hybridized carbons (Fsp3) is 1.00. The number of aliphatic hydroxyl groups is 2. The lowest BCUT2D eigenvalue weighted by atomic mass is 10.00. The van der Waals surface area contributed by atoms with E-state index in [4.69, 9.17) is 15.2 Å². The number of hydrogen-bond acceptors (Lipinski definition) is 5. The number of ether oxygens (including phenoxy) is 2. The lowest BCUT2D eigenvalue weighted by Gasteiger charge is -2.33. The molecule has 0 aromatic rings. The zero-order valence-corrected chi connectivity index (χ0v) is 5.88. The summed E-state index contributed by atoms with van der Waals surface area (Å²) in [4.78, 5) is 0. The molecule has 64 valence electrons. The van der Waals surface area contributed by atoms with Crippen molar-refractivity contribution in [1.29, 1.82) is 0 Å². The highest BCUT2D eigenvalue weighted by Crippen LogP contribution is 2.26. The predicted octanol–water partition coefficient (Wildman–Crippen LogP) is -2.21. The summed E-state index contributed by atoms with van der Waals surface area (Å²) in [5.74, 6) is 0. The Kier molecular flexibility index (Phi) is 1.62. The van der Waals surface area contributed by atoms with Crippen molar-refractivity contribution in [1.82, 2.24) is 0 Å². The number of aliphatic hydroxyl groups excluding tert-OH is 2. The second-order valence-corrected chi connectivity index (χ2v) is 2.93. The maximum absolute atomic E-state index is 9.30. The highest BCUT2D eigenvalue weighted by Gasteiger charge is 2.47. The first-order valence-corrected chi connectivity index (χ1v) is 3.59. The fourth-order valence-corrected chi connectivity index (χ4v) is 1.43. The first kappa shape index (κ1) is 7.45. The Balaban J connectivity index is 2.16. The predicted molar refractivity (Wildman–Crippen MR) is 34.6 cm³/mol. The molecule has 2 saturated heterocycles. The zero-order valence-electron chi connectivity index (χ0n) is 5.88. The van der Waals surface area contributed by atoms with Crippen LogP contribution in [0.25, 0.3) is 0 Å². The quantitative estimate of drug-likeness (QED) is 0.375. The lowest BCUT2D eigenvalue weighted by Crippen LogP contribution is -2.57. The Hall–Kier alpha value is -0.200. The van der Waals surface area contributed by atoms with Crippen molar-refractivity contribution >= 4 is 0 Å². The van der Waals surface area contributed by atoms with Crippen molar-refractivity contribution in [2.75, 3.05) is 6.61 Å². The van der Waals surface area contributed by atoms with Crippen molar-refractivity contribution in [3.8, 4) is 0 Å². The van der Waals surface area contributed by atoms with E-state index >= 15 is 0 Å². The van der Waals surface area contributed by atoms with Gasteiger partial charge in [-0.15, -0.1) is 0 Å². The number of rotatable bonds is 0. The summed E-state index contributed by atoms with van der Waals surface area (Å²) in [6.45, 7) is 0.316. The third-order valence-corrected chi connectivity index (χ3v) is 2.17. The van der Waals surface area contributed by atoms with Crippen molar-refractivity contribution in [3.63, 3.8) is 0 Å². The molecule has 2 rings (SSSR count). The summed E-state index contributed by atoms with van der Waals surface area (Å²) >= 11 is 0. The van der Waals surface area contributed by atoms with Gasteiger partial charge in [0.1, 0.15) is 18.3 Å². The van der Waals surface area contributed by atoms with Gasteiger partial charge in [0.2, 0.25) is 0 Å². The molecule has 2 aliphatic heterocycles. The highest BCUT2D eigenvalue weighted by molar-refractivity contribution is 4.94. The number of fused-ring (bicyclic) bond motifs is 2. The van der Waals surface area contributed by atoms with E-state index in [1.54, 1.807) is 0 Å². The second kappa shape index (κ2) is 2.40. The maximum atomic E-state index is 9.30. The molecule has 5 heteroatoms. The van der Waals surface area contributed by atoms with Crippen LogP contribution in [0.4, 0.5) is 0 Å². The topological polar surface area (TPSA) is 84.9 Å². The summed E-state index contributed by atoms with van der Waals surface area (Å²) in [6.07, 6.45) is -2.79. The van der Waals surface area contributed by atoms with Crippen molar-refractivity contribution in [2.24, 2.45) is 5.73 Å². The van der Waals surface area contributed by atoms with Crippen molar-refractivity contribution in [3.05, 3.63) is 0 Å². The van der Waals surface area contributed by atoms with Gasteiger partial charge in [0.25, 0.3) is 0 Å². The average Bonchev–Trinajstić information content (AvgIpc) is 2.44. The van der Waals surface area contributed by atoms with Gasteiger partial charge in [0.15, 0.2) is 6.29 Å². The standard InChI is InChI=1S/C6H11NO4/c7-3-5(9)4(8)2-1-10-6(3)11-2/h2-6,8-9H,1,7H2/t2-,3+,4-,5-,6?/m1/s1. The molecular formula is C6H11NO4. The minimum atomic E-state index is -0.929. The highest BCUT2D eigenvalue weighted by atomic mass is 16.7. The molecule has 0 saturated carbocycles. The van der Waals surface area contributed by atoms with E-state index in [0.29, 0.717) is 6.61 Å². The number of nitrogens with two attached hydrogens (primary N) is 1. The molecule has 0 aromatic heterocycles. The molecule has 0 aromatic carbocycles. The van der Waals surface area contributed by atoms with E-state index in [0.717, 1.165) is 0 Å². The molecule has 2 bridgehead atoms. The van der Waals surface area contributed by atoms with Gasteiger partial charge in [-0.25, -0.2) is 0 Å². The summed E-state index contributed by atoms with van der Waals surface area (Å²) in [6, 6.07) is -0.635. The van der Waals surface area contributed by atoms with Crippen LogP contribution in [-0.2, 0) is 9.47 Å². The summed E-state index contributed by atoms with van der Waals surface area (Å²) in [5.41, 5.74) is 5.49. The SMILES string of the molecule is N[C@@H]1C2OC[C@@H](O2)[C@@H](O)[C@@H]1O. The van der Waals surface area contributed by atoms with Crippen molar-refractivity contribution < 1.29 is 19.7 Å². The summed E-state index contributed by atoms with van der Waals surface area (Å²) < 4.78 is 10.2. The summed E-state index contributed by atoms with van der Waals surface area (Å²) in [7, 11) is 0. The molecule has 2 aliphatic rings. The molecule has 0 spiro atoms. The Bertz CT molecular complexity index is 145. The van der Waals surface area contributed by atoms with Crippen LogP contribution in [0.5, 0.6) is 0 Å². The van der Waals surface area contributed by atoms with Gasteiger partial charge >= 0.3 is 0 Å². The normalized spacial score (nSPS) is 56.5. The van der Waals surface area contributed by atoms with Gasteiger partial charge in [-0.2, -0.15) is 0 Å². The molecule has 0 radical (unpaired) electrons. The third kappa shape index (κ3) is 0.969. The smallest absolute Gasteiger partial charge is 0.175 e. The van der Waals surface area contributed by atoms with Gasteiger partial charge < -0.3 is 25.4 Å². The first-order valence-electron chi connectivity index (χ1n) is 3.59. The maximum Gasteiger partial charge on any atom is 0.175 e. The Morgan fingerprint density at radius 3 is 2.73 bits per heavy atom. The molecule has 11 heavy (non-hydrogen) atoms. The van der Waals surface area contributed by atoms with Crippen LogP contribution < -0.4 is 5.73 Å².